The van der Waals surface area contributed by atoms with Gasteiger partial charge in [-0.15, -0.1) is 0 Å². The third-order valence-corrected chi connectivity index (χ3v) is 4.14. The first-order chi connectivity index (χ1) is 4.98. The zero-order chi connectivity index (χ0) is 8.28. The Hall–Kier alpha value is 0.410. The van der Waals surface area contributed by atoms with Gasteiger partial charge < -0.3 is 11.7 Å². The van der Waals surface area contributed by atoms with Gasteiger partial charge in [0, 0.05) is 6.42 Å². The average Bonchev–Trinajstić information content (AvgIpc) is 2.20. The van der Waals surface area contributed by atoms with Gasteiger partial charge in [-0.05, 0) is 11.3 Å². The molecule has 0 aliphatic heterocycles. The topological polar surface area (TPSA) is 17.1 Å². The van der Waals surface area contributed by atoms with Gasteiger partial charge in [0.1, 0.15) is 5.78 Å². The monoisotopic (exact) mass is 348 g/mol. The summed E-state index contributed by atoms with van der Waals surface area (Å²) in [5.41, 5.74) is -0.0538. The van der Waals surface area contributed by atoms with Crippen LogP contribution in [-0.2, 0) is 27.2 Å². The van der Waals surface area contributed by atoms with Crippen LogP contribution in [0.5, 0.6) is 0 Å². The van der Waals surface area contributed by atoms with Crippen LogP contribution in [0, 0.1) is 23.7 Å². The normalized spacial score (nSPS) is 42.9. The Bertz CT molecular complexity index is 222. The summed E-state index contributed by atoms with van der Waals surface area (Å²) < 4.78 is 0. The third-order valence-electron chi connectivity index (χ3n) is 4.14. The van der Waals surface area contributed by atoms with Crippen molar-refractivity contribution in [1.29, 1.82) is 0 Å². The fraction of sp³-hybridized carbons (Fsp3) is 0.800. The molecule has 2 fully saturated rings. The molecule has 2 unspecified atom stereocenters. The number of carbonyl (C=O) groups excluding carboxylic acids is 1. The maximum absolute atomic E-state index is 11.5. The summed E-state index contributed by atoms with van der Waals surface area (Å²) in [6, 6.07) is 0. The molecule has 2 aliphatic carbocycles. The van der Waals surface area contributed by atoms with E-state index in [9.17, 15) is 4.79 Å². The zero-order valence-electron chi connectivity index (χ0n) is 7.62. The first-order valence-corrected chi connectivity index (χ1v) is 4.37. The van der Waals surface area contributed by atoms with E-state index < -0.39 is 0 Å². The number of ketones is 1. The van der Waals surface area contributed by atoms with Gasteiger partial charge in [-0.2, -0.15) is 0 Å². The standard InChI is InChI=1S/C10H15O.Au/c1-9(2)7-4-5-10(9,3)8(11)6-7;/h7H,3-6H2,1-2H3;/q-1;+1. The van der Waals surface area contributed by atoms with Crippen molar-refractivity contribution >= 4 is 5.78 Å². The van der Waals surface area contributed by atoms with E-state index in [2.05, 4.69) is 20.8 Å². The van der Waals surface area contributed by atoms with E-state index in [1.165, 1.54) is 6.42 Å². The number of fused-ring (bicyclic) bond motifs is 2. The maximum Gasteiger partial charge on any atom is 1.00 e. The van der Waals surface area contributed by atoms with Gasteiger partial charge >= 0.3 is 22.4 Å². The average molecular weight is 348 g/mol. The molecule has 0 radical (unpaired) electrons. The predicted molar refractivity (Wildman–Crippen MR) is 43.9 cm³/mol. The molecule has 0 spiro atoms. The van der Waals surface area contributed by atoms with Crippen LogP contribution in [0.15, 0.2) is 0 Å². The van der Waals surface area contributed by atoms with Gasteiger partial charge in [0.05, 0.1) is 0 Å². The van der Waals surface area contributed by atoms with Crippen molar-refractivity contribution in [2.75, 3.05) is 0 Å². The first-order valence-electron chi connectivity index (χ1n) is 4.37. The van der Waals surface area contributed by atoms with E-state index in [4.69, 9.17) is 0 Å². The fourth-order valence-electron chi connectivity index (χ4n) is 2.77. The zero-order valence-corrected chi connectivity index (χ0v) is 9.78. The molecule has 2 atom stereocenters. The molecule has 0 heterocycles. The van der Waals surface area contributed by atoms with Crippen LogP contribution in [-0.4, -0.2) is 5.78 Å². The summed E-state index contributed by atoms with van der Waals surface area (Å²) in [4.78, 5) is 11.5. The molecule has 2 heteroatoms. The summed E-state index contributed by atoms with van der Waals surface area (Å²) in [6.45, 7) is 8.51. The fourth-order valence-corrected chi connectivity index (χ4v) is 2.77. The Morgan fingerprint density at radius 3 is 2.25 bits per heavy atom. The Labute approximate surface area is 89.8 Å². The molecule has 1 nitrogen and oxygen atoms in total. The molecule has 0 N–H and O–H groups in total. The van der Waals surface area contributed by atoms with Crippen LogP contribution in [0.25, 0.3) is 0 Å². The van der Waals surface area contributed by atoms with Crippen LogP contribution >= 0.6 is 0 Å². The van der Waals surface area contributed by atoms with Crippen molar-refractivity contribution in [3.05, 3.63) is 6.92 Å². The second-order valence-electron chi connectivity index (χ2n) is 4.67. The van der Waals surface area contributed by atoms with Crippen LogP contribution in [0.2, 0.25) is 0 Å². The number of Topliss-reactive ketones (excluding diaryl/α,β-unsaturated/α-hetero) is 1. The third kappa shape index (κ3) is 0.934. The van der Waals surface area contributed by atoms with Crippen LogP contribution in [0.1, 0.15) is 33.1 Å². The van der Waals surface area contributed by atoms with Crippen LogP contribution in [0.3, 0.4) is 0 Å². The number of hydrogen-bond acceptors (Lipinski definition) is 1. The summed E-state index contributed by atoms with van der Waals surface area (Å²) >= 11 is 0. The molecule has 2 rings (SSSR count). The molecule has 0 amide bonds. The van der Waals surface area contributed by atoms with E-state index >= 15 is 0 Å². The minimum absolute atomic E-state index is 0. The Morgan fingerprint density at radius 1 is 1.50 bits per heavy atom. The molecule has 0 aromatic heterocycles. The van der Waals surface area contributed by atoms with Crippen molar-refractivity contribution < 1.29 is 27.2 Å². The minimum atomic E-state index is -0.225. The molecule has 0 aromatic rings. The maximum atomic E-state index is 11.5. The van der Waals surface area contributed by atoms with E-state index in [-0.39, 0.29) is 33.2 Å². The van der Waals surface area contributed by atoms with E-state index in [1.807, 2.05) is 0 Å². The first kappa shape index (κ1) is 10.5. The van der Waals surface area contributed by atoms with E-state index in [1.54, 1.807) is 0 Å². The largest absolute Gasteiger partial charge is 1.00 e. The summed E-state index contributed by atoms with van der Waals surface area (Å²) in [5, 5.41) is 0. The summed E-state index contributed by atoms with van der Waals surface area (Å²) in [5.74, 6) is 1.02. The molecule has 2 aliphatic rings. The van der Waals surface area contributed by atoms with E-state index in [0.29, 0.717) is 11.7 Å². The van der Waals surface area contributed by atoms with Gasteiger partial charge in [0.25, 0.3) is 0 Å². The Balaban J connectivity index is 0.000000720. The van der Waals surface area contributed by atoms with Crippen molar-refractivity contribution in [2.24, 2.45) is 16.7 Å². The summed E-state index contributed by atoms with van der Waals surface area (Å²) in [6.07, 6.45) is 3.02. The molecular formula is C10H15AuO. The van der Waals surface area contributed by atoms with Crippen LogP contribution in [0.4, 0.5) is 0 Å². The minimum Gasteiger partial charge on any atom is -0.330 e. The van der Waals surface area contributed by atoms with Gasteiger partial charge in [0.15, 0.2) is 0 Å². The van der Waals surface area contributed by atoms with Gasteiger partial charge in [-0.1, -0.05) is 32.1 Å². The quantitative estimate of drug-likeness (QED) is 0.485. The van der Waals surface area contributed by atoms with Crippen LogP contribution < -0.4 is 0 Å². The second-order valence-corrected chi connectivity index (χ2v) is 4.67. The van der Waals surface area contributed by atoms with Gasteiger partial charge in [0.2, 0.25) is 0 Å². The van der Waals surface area contributed by atoms with Crippen molar-refractivity contribution in [3.63, 3.8) is 0 Å². The second kappa shape index (κ2) is 2.70. The smallest absolute Gasteiger partial charge is 0.330 e. The molecule has 2 bridgehead atoms. The molecule has 12 heavy (non-hydrogen) atoms. The van der Waals surface area contributed by atoms with Gasteiger partial charge in [-0.25, -0.2) is 0 Å². The predicted octanol–water partition coefficient (Wildman–Crippen LogP) is 2.21. The summed E-state index contributed by atoms with van der Waals surface area (Å²) in [7, 11) is 0. The Kier molecular flexibility index (Phi) is 2.36. The molecular weight excluding hydrogens is 333 g/mol. The molecule has 0 aromatic carbocycles. The van der Waals surface area contributed by atoms with Crippen molar-refractivity contribution in [3.8, 4) is 0 Å². The molecule has 0 saturated heterocycles. The molecule has 72 valence electrons. The SMILES string of the molecule is [Au+].[CH2-]C12CCC(CC1=O)C2(C)C. The van der Waals surface area contributed by atoms with Crippen molar-refractivity contribution in [2.45, 2.75) is 33.1 Å². The molecule has 2 saturated carbocycles. The van der Waals surface area contributed by atoms with Gasteiger partial charge in [-0.3, -0.25) is 0 Å². The Morgan fingerprint density at radius 2 is 2.08 bits per heavy atom. The number of carbonyl (C=O) groups is 1. The number of rotatable bonds is 0. The van der Waals surface area contributed by atoms with E-state index in [0.717, 1.165) is 12.8 Å². The van der Waals surface area contributed by atoms with Crippen molar-refractivity contribution in [1.82, 2.24) is 0 Å². The number of hydrogen-bond donors (Lipinski definition) is 0.